The molecular formula is C40H48ClN5O7S. The SMILES string of the molecule is COc1nn(C)cc1C(=O)/N=C/S1(=O)=NC(=O)c2ccc3c(c2)N(C[C@@H]2CC[C@H]2[C@@H](OC)C[C@H]2CCO[C@@H]2CC1)C[C@@]1(CCCc2cc(Cl)ccc21)CO3. The molecule has 3 aliphatic heterocycles. The first-order valence-electron chi connectivity index (χ1n) is 19.0. The molecule has 14 heteroatoms. The largest absolute Gasteiger partial charge is 0.490 e. The van der Waals surface area contributed by atoms with Gasteiger partial charge in [0.15, 0.2) is 0 Å². The molecule has 1 spiro atoms. The lowest BCUT2D eigenvalue weighted by Crippen LogP contribution is -2.50. The first kappa shape index (κ1) is 37.2. The number of carbonyl (C=O) groups excluding carboxylic acids is 2. The van der Waals surface area contributed by atoms with E-state index >= 15 is 0 Å². The van der Waals surface area contributed by atoms with Gasteiger partial charge in [0.05, 0.1) is 41.3 Å². The van der Waals surface area contributed by atoms with Crippen LogP contribution in [0.5, 0.6) is 11.6 Å². The number of benzene rings is 2. The average Bonchev–Trinajstić information content (AvgIpc) is 3.74. The number of fused-ring (bicyclic) bond motifs is 5. The maximum Gasteiger partial charge on any atom is 0.285 e. The van der Waals surface area contributed by atoms with Crippen molar-refractivity contribution in [3.05, 3.63) is 69.9 Å². The van der Waals surface area contributed by atoms with Crippen LogP contribution in [0.4, 0.5) is 5.69 Å². The first-order valence-corrected chi connectivity index (χ1v) is 21.1. The van der Waals surface area contributed by atoms with Crippen LogP contribution in [0.25, 0.3) is 0 Å². The Labute approximate surface area is 321 Å². The summed E-state index contributed by atoms with van der Waals surface area (Å²) in [4.78, 5) is 33.8. The molecule has 288 valence electrons. The molecular weight excluding hydrogens is 730 g/mol. The van der Waals surface area contributed by atoms with E-state index in [1.165, 1.54) is 29.1 Å². The fraction of sp³-hybridized carbons (Fsp3) is 0.550. The molecule has 1 saturated heterocycles. The minimum atomic E-state index is -3.47. The molecule has 54 heavy (non-hydrogen) atoms. The Balaban J connectivity index is 1.20. The summed E-state index contributed by atoms with van der Waals surface area (Å²) >= 11 is 6.48. The summed E-state index contributed by atoms with van der Waals surface area (Å²) in [6.07, 6.45) is 8.59. The van der Waals surface area contributed by atoms with Crippen LogP contribution in [0.2, 0.25) is 5.02 Å². The van der Waals surface area contributed by atoms with Crippen molar-refractivity contribution in [1.82, 2.24) is 9.78 Å². The maximum absolute atomic E-state index is 14.7. The van der Waals surface area contributed by atoms with E-state index in [4.69, 9.17) is 30.5 Å². The molecule has 1 aromatic heterocycles. The summed E-state index contributed by atoms with van der Waals surface area (Å²) in [7, 11) is 1.41. The zero-order valence-corrected chi connectivity index (χ0v) is 32.7. The van der Waals surface area contributed by atoms with Crippen LogP contribution in [0.15, 0.2) is 52.0 Å². The maximum atomic E-state index is 14.7. The molecule has 12 nitrogen and oxygen atoms in total. The third-order valence-corrected chi connectivity index (χ3v) is 14.3. The molecule has 0 radical (unpaired) electrons. The van der Waals surface area contributed by atoms with Gasteiger partial charge in [0.2, 0.25) is 5.88 Å². The number of aliphatic imine (C=N–C) groups is 1. The number of hydrogen-bond acceptors (Lipinski definition) is 9. The lowest BCUT2D eigenvalue weighted by Gasteiger charge is -2.46. The summed E-state index contributed by atoms with van der Waals surface area (Å²) in [5.74, 6) is 0.430. The number of carbonyl (C=O) groups is 2. The molecule has 2 fully saturated rings. The Hall–Kier alpha value is -3.78. The predicted octanol–water partition coefficient (Wildman–Crippen LogP) is 6.27. The van der Waals surface area contributed by atoms with Gasteiger partial charge in [0.25, 0.3) is 11.8 Å². The zero-order chi connectivity index (χ0) is 37.6. The van der Waals surface area contributed by atoms with Gasteiger partial charge in [-0.2, -0.15) is 4.36 Å². The van der Waals surface area contributed by atoms with Gasteiger partial charge in [0.1, 0.15) is 16.9 Å². The number of methoxy groups -OCH3 is 2. The minimum absolute atomic E-state index is 0.00329. The number of aromatic nitrogens is 2. The molecule has 8 rings (SSSR count). The van der Waals surface area contributed by atoms with E-state index in [-0.39, 0.29) is 46.3 Å². The molecule has 2 amide bonds. The van der Waals surface area contributed by atoms with Crippen molar-refractivity contribution < 1.29 is 32.7 Å². The summed E-state index contributed by atoms with van der Waals surface area (Å²) in [6.45, 7) is 2.60. The molecule has 4 heterocycles. The van der Waals surface area contributed by atoms with Crippen molar-refractivity contribution in [2.75, 3.05) is 51.2 Å². The molecule has 2 bridgehead atoms. The van der Waals surface area contributed by atoms with Gasteiger partial charge < -0.3 is 23.8 Å². The molecule has 2 aliphatic carbocycles. The number of rotatable bonds is 4. The number of aryl methyl sites for hydroxylation is 2. The van der Waals surface area contributed by atoms with Crippen LogP contribution >= 0.6 is 11.6 Å². The highest BCUT2D eigenvalue weighted by Gasteiger charge is 2.45. The van der Waals surface area contributed by atoms with Crippen molar-refractivity contribution in [2.45, 2.75) is 69.0 Å². The Morgan fingerprint density at radius 3 is 2.80 bits per heavy atom. The highest BCUT2D eigenvalue weighted by molar-refractivity contribution is 8.06. The molecule has 0 N–H and O–H groups in total. The summed E-state index contributed by atoms with van der Waals surface area (Å²) in [5.41, 5.74) is 4.54. The van der Waals surface area contributed by atoms with Crippen molar-refractivity contribution in [1.29, 1.82) is 0 Å². The quantitative estimate of drug-likeness (QED) is 0.222. The Morgan fingerprint density at radius 2 is 2.00 bits per heavy atom. The van der Waals surface area contributed by atoms with Crippen molar-refractivity contribution in [3.63, 3.8) is 0 Å². The third-order valence-electron chi connectivity index (χ3n) is 12.4. The van der Waals surface area contributed by atoms with Gasteiger partial charge >= 0.3 is 0 Å². The van der Waals surface area contributed by atoms with E-state index in [9.17, 15) is 13.8 Å². The van der Waals surface area contributed by atoms with Crippen LogP contribution in [-0.4, -0.2) is 89.8 Å². The number of halogens is 1. The normalized spacial score (nSPS) is 31.1. The highest BCUT2D eigenvalue weighted by atomic mass is 35.5. The number of ether oxygens (including phenoxy) is 4. The standard InChI is InChI=1S/C40H48ClN5O7S/c1-45-21-31(39(43-45)51-3)38(48)42-24-54(49)16-13-34-26(12-15-52-34)19-36(50-2)30-9-6-28(30)20-46-22-40(14-4-5-25-17-29(41)8-10-32(25)40)23-53-35-11-7-27(18-33(35)46)37(47)44-54/h7-8,10-11,17-18,21,24,26,28,30,34,36H,4-6,9,12-16,19-20,22-23H2,1-3H3/b42-24+/t26-,28+,30-,34-,36+,40+,54?/m1/s1. The van der Waals surface area contributed by atoms with E-state index in [0.717, 1.165) is 67.7 Å². The summed E-state index contributed by atoms with van der Waals surface area (Å²) in [6, 6.07) is 11.6. The fourth-order valence-electron chi connectivity index (χ4n) is 9.43. The highest BCUT2D eigenvalue weighted by Crippen LogP contribution is 2.48. The van der Waals surface area contributed by atoms with Gasteiger partial charge in [-0.3, -0.25) is 14.3 Å². The van der Waals surface area contributed by atoms with E-state index in [2.05, 4.69) is 31.5 Å². The molecule has 5 aliphatic rings. The number of anilines is 1. The van der Waals surface area contributed by atoms with Gasteiger partial charge in [-0.05, 0) is 111 Å². The monoisotopic (exact) mass is 777 g/mol. The second-order valence-corrected chi connectivity index (χ2v) is 18.2. The van der Waals surface area contributed by atoms with Crippen molar-refractivity contribution in [2.24, 2.45) is 34.2 Å². The van der Waals surface area contributed by atoms with E-state index < -0.39 is 21.5 Å². The molecule has 2 aromatic carbocycles. The third kappa shape index (κ3) is 7.20. The van der Waals surface area contributed by atoms with E-state index in [0.29, 0.717) is 43.8 Å². The fourth-order valence-corrected chi connectivity index (χ4v) is 11.1. The Kier molecular flexibility index (Phi) is 10.4. The number of amides is 2. The number of hydrogen-bond donors (Lipinski definition) is 0. The van der Waals surface area contributed by atoms with Gasteiger partial charge in [-0.1, -0.05) is 17.7 Å². The van der Waals surface area contributed by atoms with E-state index in [1.807, 2.05) is 25.3 Å². The average molecular weight is 778 g/mol. The summed E-state index contributed by atoms with van der Waals surface area (Å²) < 4.78 is 44.8. The zero-order valence-electron chi connectivity index (χ0n) is 31.1. The molecule has 1 unspecified atom stereocenters. The van der Waals surface area contributed by atoms with Crippen molar-refractivity contribution >= 4 is 44.4 Å². The first-order chi connectivity index (χ1) is 26.1. The topological polar surface area (TPSA) is 134 Å². The smallest absolute Gasteiger partial charge is 0.285 e. The van der Waals surface area contributed by atoms with Gasteiger partial charge in [-0.15, -0.1) is 5.10 Å². The second kappa shape index (κ2) is 15.0. The van der Waals surface area contributed by atoms with Crippen molar-refractivity contribution in [3.8, 4) is 11.6 Å². The van der Waals surface area contributed by atoms with E-state index in [1.54, 1.807) is 13.1 Å². The van der Waals surface area contributed by atoms with Gasteiger partial charge in [0, 0.05) is 61.8 Å². The summed E-state index contributed by atoms with van der Waals surface area (Å²) in [5, 5.41) is 4.87. The molecule has 3 aromatic rings. The van der Waals surface area contributed by atoms with Gasteiger partial charge in [-0.25, -0.2) is 9.20 Å². The lowest BCUT2D eigenvalue weighted by atomic mass is 9.67. The molecule has 1 saturated carbocycles. The Bertz CT molecular complexity index is 2100. The van der Waals surface area contributed by atoms with Crippen LogP contribution in [0.3, 0.4) is 0 Å². The second-order valence-electron chi connectivity index (χ2n) is 15.6. The predicted molar refractivity (Wildman–Crippen MR) is 207 cm³/mol. The number of nitrogens with zero attached hydrogens (tertiary/aromatic N) is 5. The Morgan fingerprint density at radius 1 is 1.13 bits per heavy atom. The molecule has 7 atom stereocenters. The van der Waals surface area contributed by atoms with Crippen LogP contribution in [-0.2, 0) is 38.1 Å². The minimum Gasteiger partial charge on any atom is -0.490 e. The van der Waals surface area contributed by atoms with Crippen LogP contribution in [0, 0.1) is 17.8 Å². The van der Waals surface area contributed by atoms with Crippen LogP contribution < -0.4 is 14.4 Å². The lowest BCUT2D eigenvalue weighted by molar-refractivity contribution is -0.0364. The van der Waals surface area contributed by atoms with Crippen LogP contribution in [0.1, 0.15) is 76.8 Å².